The van der Waals surface area contributed by atoms with Gasteiger partial charge in [-0.2, -0.15) is 0 Å². The second-order valence-electron chi connectivity index (χ2n) is 6.12. The Morgan fingerprint density at radius 3 is 2.21 bits per heavy atom. The molecule has 0 aliphatic rings. The first-order valence-electron chi connectivity index (χ1n) is 8.52. The molecule has 1 rings (SSSR count). The molecule has 0 saturated carbocycles. The smallest absolute Gasteiger partial charge is 0.0106 e. The molecule has 0 heterocycles. The van der Waals surface area contributed by atoms with E-state index < -0.39 is 0 Å². The van der Waals surface area contributed by atoms with Crippen LogP contribution in [0.5, 0.6) is 0 Å². The monoisotopic (exact) mass is 318 g/mol. The molecule has 1 aromatic rings. The molecule has 0 heteroatoms. The topological polar surface area (TPSA) is 0 Å². The maximum Gasteiger partial charge on any atom is -0.0106 e. The number of hydrogen-bond donors (Lipinski definition) is 0. The Balaban J connectivity index is 3.45. The lowest BCUT2D eigenvalue weighted by Gasteiger charge is -2.13. The summed E-state index contributed by atoms with van der Waals surface area (Å²) in [6.45, 7) is 16.9. The summed E-state index contributed by atoms with van der Waals surface area (Å²) < 4.78 is 0. The maximum atomic E-state index is 4.35. The molecule has 0 amide bonds. The molecule has 0 fully saturated rings. The van der Waals surface area contributed by atoms with Crippen molar-refractivity contribution in [2.45, 2.75) is 41.5 Å². The molecule has 0 aromatic heterocycles. The zero-order valence-electron chi connectivity index (χ0n) is 16.0. The van der Waals surface area contributed by atoms with Gasteiger partial charge in [0.15, 0.2) is 0 Å². The van der Waals surface area contributed by atoms with Gasteiger partial charge in [-0.1, -0.05) is 66.8 Å². The largest absolute Gasteiger partial charge is 0.0905 e. The lowest BCUT2D eigenvalue weighted by molar-refractivity contribution is 1.39. The Bertz CT molecular complexity index is 727. The molecule has 126 valence electrons. The van der Waals surface area contributed by atoms with Crippen molar-refractivity contribution in [2.75, 3.05) is 0 Å². The molecule has 0 aliphatic heterocycles. The Labute approximate surface area is 148 Å². The van der Waals surface area contributed by atoms with E-state index in [1.165, 1.54) is 27.8 Å². The lowest BCUT2D eigenvalue weighted by Crippen LogP contribution is -1.93. The number of hydrogen-bond acceptors (Lipinski definition) is 0. The summed E-state index contributed by atoms with van der Waals surface area (Å²) in [6.07, 6.45) is 14.8. The molecule has 0 bridgehead atoms. The van der Waals surface area contributed by atoms with E-state index in [0.717, 1.165) is 11.1 Å². The lowest BCUT2D eigenvalue weighted by atomic mass is 9.91. The normalized spacial score (nSPS) is 12.9. The van der Waals surface area contributed by atoms with E-state index in [-0.39, 0.29) is 0 Å². The summed E-state index contributed by atoms with van der Waals surface area (Å²) in [4.78, 5) is 0. The van der Waals surface area contributed by atoms with E-state index in [2.05, 4.69) is 95.0 Å². The van der Waals surface area contributed by atoms with Gasteiger partial charge in [0.05, 0.1) is 0 Å². The van der Waals surface area contributed by atoms with Crippen molar-refractivity contribution in [1.29, 1.82) is 0 Å². The molecule has 0 nitrogen and oxygen atoms in total. The Hall–Kier alpha value is -2.34. The minimum atomic E-state index is 1.06. The van der Waals surface area contributed by atoms with Gasteiger partial charge in [0.1, 0.15) is 0 Å². The van der Waals surface area contributed by atoms with E-state index in [1.54, 1.807) is 0 Å². The first-order chi connectivity index (χ1) is 11.4. The molecule has 24 heavy (non-hydrogen) atoms. The van der Waals surface area contributed by atoms with Crippen LogP contribution in [0.1, 0.15) is 58.2 Å². The van der Waals surface area contributed by atoms with Crippen LogP contribution in [0, 0.1) is 0 Å². The highest BCUT2D eigenvalue weighted by atomic mass is 14.1. The van der Waals surface area contributed by atoms with Crippen LogP contribution in [0.2, 0.25) is 0 Å². The molecule has 0 N–H and O–H groups in total. The molecule has 1 aromatic carbocycles. The molecule has 0 unspecified atom stereocenters. The highest BCUT2D eigenvalue weighted by Crippen LogP contribution is 2.29. The van der Waals surface area contributed by atoms with Gasteiger partial charge in [-0.05, 0) is 81.0 Å². The maximum absolute atomic E-state index is 4.35. The third-order valence-electron chi connectivity index (χ3n) is 3.85. The van der Waals surface area contributed by atoms with E-state index in [0.29, 0.717) is 0 Å². The minimum absolute atomic E-state index is 1.06. The molecule has 0 aliphatic carbocycles. The van der Waals surface area contributed by atoms with E-state index >= 15 is 0 Å². The molecule has 0 spiro atoms. The number of allylic oxidation sites excluding steroid dienone is 10. The van der Waals surface area contributed by atoms with Crippen LogP contribution in [-0.4, -0.2) is 0 Å². The van der Waals surface area contributed by atoms with Crippen molar-refractivity contribution in [3.05, 3.63) is 89.1 Å². The van der Waals surface area contributed by atoms with Crippen LogP contribution in [0.25, 0.3) is 17.2 Å². The van der Waals surface area contributed by atoms with Crippen LogP contribution in [0.15, 0.2) is 72.4 Å². The summed E-state index contributed by atoms with van der Waals surface area (Å²) >= 11 is 0. The van der Waals surface area contributed by atoms with Gasteiger partial charge in [-0.25, -0.2) is 0 Å². The second kappa shape index (κ2) is 9.72. The van der Waals surface area contributed by atoms with Crippen LogP contribution in [0.3, 0.4) is 0 Å². The highest BCUT2D eigenvalue weighted by molar-refractivity contribution is 5.86. The molecule has 0 atom stereocenters. The van der Waals surface area contributed by atoms with E-state index in [4.69, 9.17) is 0 Å². The van der Waals surface area contributed by atoms with Crippen LogP contribution < -0.4 is 0 Å². The van der Waals surface area contributed by atoms with Crippen molar-refractivity contribution in [1.82, 2.24) is 0 Å². The SMILES string of the molecule is C=C(C(/C=C\C)=C/C)c1cc(/C(C)=C/C=C(C)C)ccc1/C=C\C. The quantitative estimate of drug-likeness (QED) is 0.473. The van der Waals surface area contributed by atoms with Crippen LogP contribution in [0.4, 0.5) is 0 Å². The second-order valence-corrected chi connectivity index (χ2v) is 6.12. The molecular weight excluding hydrogens is 288 g/mol. The van der Waals surface area contributed by atoms with Crippen LogP contribution >= 0.6 is 0 Å². The zero-order chi connectivity index (χ0) is 18.1. The number of rotatable bonds is 6. The first-order valence-corrected chi connectivity index (χ1v) is 8.52. The number of benzene rings is 1. The van der Waals surface area contributed by atoms with Gasteiger partial charge in [-0.15, -0.1) is 0 Å². The summed E-state index contributed by atoms with van der Waals surface area (Å²) in [5.41, 5.74) is 8.38. The Kier molecular flexibility index (Phi) is 7.98. The summed E-state index contributed by atoms with van der Waals surface area (Å²) in [7, 11) is 0. The van der Waals surface area contributed by atoms with E-state index in [1.807, 2.05) is 13.8 Å². The molecule has 0 saturated heterocycles. The van der Waals surface area contributed by atoms with Crippen molar-refractivity contribution in [2.24, 2.45) is 0 Å². The first kappa shape index (κ1) is 19.7. The summed E-state index contributed by atoms with van der Waals surface area (Å²) in [6, 6.07) is 6.61. The zero-order valence-corrected chi connectivity index (χ0v) is 16.0. The fraction of sp³-hybridized carbons (Fsp3) is 0.250. The summed E-state index contributed by atoms with van der Waals surface area (Å²) in [5, 5.41) is 0. The third-order valence-corrected chi connectivity index (χ3v) is 3.85. The summed E-state index contributed by atoms with van der Waals surface area (Å²) in [5.74, 6) is 0. The van der Waals surface area contributed by atoms with Crippen molar-refractivity contribution in [3.63, 3.8) is 0 Å². The predicted octanol–water partition coefficient (Wildman–Crippen LogP) is 7.62. The van der Waals surface area contributed by atoms with Gasteiger partial charge in [0.2, 0.25) is 0 Å². The van der Waals surface area contributed by atoms with Crippen molar-refractivity contribution >= 4 is 17.2 Å². The average Bonchev–Trinajstić information content (AvgIpc) is 2.57. The molecular formula is C24H30. The van der Waals surface area contributed by atoms with Crippen LogP contribution in [-0.2, 0) is 0 Å². The van der Waals surface area contributed by atoms with Gasteiger partial charge < -0.3 is 0 Å². The van der Waals surface area contributed by atoms with Gasteiger partial charge in [0, 0.05) is 0 Å². The predicted molar refractivity (Wildman–Crippen MR) is 112 cm³/mol. The minimum Gasteiger partial charge on any atom is -0.0905 e. The van der Waals surface area contributed by atoms with Crippen molar-refractivity contribution in [3.8, 4) is 0 Å². The Morgan fingerprint density at radius 2 is 1.67 bits per heavy atom. The van der Waals surface area contributed by atoms with Gasteiger partial charge in [0.25, 0.3) is 0 Å². The van der Waals surface area contributed by atoms with E-state index in [9.17, 15) is 0 Å². The fourth-order valence-electron chi connectivity index (χ4n) is 2.48. The standard InChI is InChI=1S/C24H30/c1-8-11-21(10-3)20(7)24-17-23(16-15-22(24)12-9-2)19(6)14-13-18(4)5/h8-17H,7H2,1-6H3/b11-8-,12-9-,19-14+,21-10+. The Morgan fingerprint density at radius 1 is 0.958 bits per heavy atom. The van der Waals surface area contributed by atoms with Crippen molar-refractivity contribution < 1.29 is 0 Å². The molecule has 0 radical (unpaired) electrons. The van der Waals surface area contributed by atoms with Gasteiger partial charge >= 0.3 is 0 Å². The third kappa shape index (κ3) is 5.38. The average molecular weight is 319 g/mol. The highest BCUT2D eigenvalue weighted by Gasteiger charge is 2.09. The fourth-order valence-corrected chi connectivity index (χ4v) is 2.48. The van der Waals surface area contributed by atoms with Gasteiger partial charge in [-0.3, -0.25) is 0 Å².